The molecule has 4 atom stereocenters. The standard InChI is InChI=1S/C33H37Cl2FN4O3S/c1-21-7-9-25(36)19-26(21)31-33(27-10-8-24(35)18-29(27)37-32(33)41)28(22-5-3-6-23(34)17-22)20-30(38-31)40-14-12-39(13-15-40)11-4-16-44(2,42)43/h3,5-10,18-19,22,28,31H,4,11-17,20H2,1-2H3,(H,37,41)/t22?,28-,31+,33-/m0/s1. The van der Waals surface area contributed by atoms with Gasteiger partial charge in [0.25, 0.3) is 0 Å². The van der Waals surface area contributed by atoms with Crippen LogP contribution >= 0.6 is 23.2 Å². The van der Waals surface area contributed by atoms with Gasteiger partial charge in [-0.2, -0.15) is 0 Å². The average Bonchev–Trinajstić information content (AvgIpc) is 3.25. The van der Waals surface area contributed by atoms with Crippen molar-refractivity contribution in [2.24, 2.45) is 16.8 Å². The summed E-state index contributed by atoms with van der Waals surface area (Å²) in [5.74, 6) is 0.264. The Bertz CT molecular complexity index is 1670. The van der Waals surface area contributed by atoms with Crippen molar-refractivity contribution in [3.63, 3.8) is 0 Å². The number of nitrogens with zero attached hydrogens (tertiary/aromatic N) is 3. The quantitative estimate of drug-likeness (QED) is 0.419. The molecule has 44 heavy (non-hydrogen) atoms. The molecular formula is C33H37Cl2FN4O3S. The van der Waals surface area contributed by atoms with Crippen molar-refractivity contribution in [2.75, 3.05) is 50.0 Å². The first-order valence-electron chi connectivity index (χ1n) is 15.1. The second-order valence-electron chi connectivity index (χ2n) is 12.5. The predicted molar refractivity (Wildman–Crippen MR) is 175 cm³/mol. The number of rotatable bonds is 6. The van der Waals surface area contributed by atoms with E-state index in [1.807, 2.05) is 25.1 Å². The zero-order valence-electron chi connectivity index (χ0n) is 24.9. The summed E-state index contributed by atoms with van der Waals surface area (Å²) in [5, 5.41) is 4.37. The van der Waals surface area contributed by atoms with Gasteiger partial charge in [0.1, 0.15) is 26.9 Å². The number of benzene rings is 2. The van der Waals surface area contributed by atoms with Crippen molar-refractivity contribution in [2.45, 2.75) is 37.6 Å². The lowest BCUT2D eigenvalue weighted by atomic mass is 9.57. The lowest BCUT2D eigenvalue weighted by Crippen LogP contribution is -2.56. The Morgan fingerprint density at radius 1 is 1.09 bits per heavy atom. The maximum Gasteiger partial charge on any atom is 0.237 e. The Kier molecular flexibility index (Phi) is 8.69. The molecule has 0 bridgehead atoms. The third-order valence-electron chi connectivity index (χ3n) is 9.59. The zero-order chi connectivity index (χ0) is 31.2. The minimum Gasteiger partial charge on any atom is -0.358 e. The molecule has 1 aliphatic carbocycles. The first-order chi connectivity index (χ1) is 21.0. The summed E-state index contributed by atoms with van der Waals surface area (Å²) >= 11 is 13.0. The second-order valence-corrected chi connectivity index (χ2v) is 15.6. The summed E-state index contributed by atoms with van der Waals surface area (Å²) in [4.78, 5) is 24.4. The van der Waals surface area contributed by atoms with Crippen LogP contribution in [0.15, 0.2) is 64.7 Å². The van der Waals surface area contributed by atoms with Crippen LogP contribution in [0, 0.1) is 24.6 Å². The first-order valence-corrected chi connectivity index (χ1v) is 17.9. The highest BCUT2D eigenvalue weighted by Crippen LogP contribution is 2.59. The number of halogens is 3. The maximum absolute atomic E-state index is 14.9. The van der Waals surface area contributed by atoms with Crippen molar-refractivity contribution in [3.8, 4) is 0 Å². The van der Waals surface area contributed by atoms with E-state index in [1.54, 1.807) is 18.2 Å². The van der Waals surface area contributed by atoms with E-state index in [9.17, 15) is 17.6 Å². The number of sulfone groups is 1. The minimum atomic E-state index is -2.99. The fourth-order valence-electron chi connectivity index (χ4n) is 7.47. The van der Waals surface area contributed by atoms with Gasteiger partial charge in [0.15, 0.2) is 0 Å². The van der Waals surface area contributed by atoms with Gasteiger partial charge in [-0.1, -0.05) is 47.5 Å². The van der Waals surface area contributed by atoms with E-state index >= 15 is 0 Å². The van der Waals surface area contributed by atoms with Gasteiger partial charge in [-0.3, -0.25) is 14.7 Å². The molecule has 2 aromatic carbocycles. The van der Waals surface area contributed by atoms with Crippen LogP contribution in [0.4, 0.5) is 10.1 Å². The SMILES string of the molecule is Cc1ccc(F)cc1[C@H]1N=C(N2CCN(CCCS(C)(=O)=O)CC2)C[C@@H](C2C=CC=C(Cl)C2)[C@]12C(=O)Nc1cc(Cl)ccc12. The molecule has 1 spiro atoms. The van der Waals surface area contributed by atoms with Crippen LogP contribution in [0.3, 0.4) is 0 Å². The topological polar surface area (TPSA) is 82.1 Å². The van der Waals surface area contributed by atoms with Crippen LogP contribution < -0.4 is 5.32 Å². The first kappa shape index (κ1) is 31.3. The van der Waals surface area contributed by atoms with E-state index in [1.165, 1.54) is 18.4 Å². The van der Waals surface area contributed by atoms with Gasteiger partial charge in [0.2, 0.25) is 5.91 Å². The molecule has 7 nitrogen and oxygen atoms in total. The van der Waals surface area contributed by atoms with Gasteiger partial charge in [0, 0.05) is 54.6 Å². The Morgan fingerprint density at radius 2 is 1.86 bits per heavy atom. The number of carbonyl (C=O) groups excluding carboxylic acids is 1. The van der Waals surface area contributed by atoms with Crippen molar-refractivity contribution >= 4 is 50.5 Å². The van der Waals surface area contributed by atoms with Crippen molar-refractivity contribution in [1.29, 1.82) is 0 Å². The third kappa shape index (κ3) is 5.96. The van der Waals surface area contributed by atoms with Crippen LogP contribution in [0.2, 0.25) is 5.02 Å². The molecule has 4 aliphatic rings. The number of nitrogens with one attached hydrogen (secondary N) is 1. The van der Waals surface area contributed by atoms with Crippen LogP contribution in [0.25, 0.3) is 0 Å². The Labute approximate surface area is 268 Å². The van der Waals surface area contributed by atoms with Gasteiger partial charge in [-0.25, -0.2) is 12.8 Å². The maximum atomic E-state index is 14.9. The summed E-state index contributed by atoms with van der Waals surface area (Å²) in [6.07, 6.45) is 9.01. The van der Waals surface area contributed by atoms with Crippen LogP contribution in [-0.2, 0) is 20.0 Å². The van der Waals surface area contributed by atoms with Crippen molar-refractivity contribution in [1.82, 2.24) is 9.80 Å². The molecule has 1 unspecified atom stereocenters. The van der Waals surface area contributed by atoms with Crippen LogP contribution in [-0.4, -0.2) is 74.7 Å². The summed E-state index contributed by atoms with van der Waals surface area (Å²) < 4.78 is 38.2. The normalized spacial score (nSPS) is 27.2. The van der Waals surface area contributed by atoms with E-state index in [-0.39, 0.29) is 29.3 Å². The Hall–Kier alpha value is -2.72. The number of carbonyl (C=O) groups is 1. The largest absolute Gasteiger partial charge is 0.358 e. The average molecular weight is 660 g/mol. The number of hydrogen-bond acceptors (Lipinski definition) is 6. The molecule has 0 radical (unpaired) electrons. The minimum absolute atomic E-state index is 0.0565. The summed E-state index contributed by atoms with van der Waals surface area (Å²) in [7, 11) is -2.99. The molecule has 11 heteroatoms. The highest BCUT2D eigenvalue weighted by atomic mass is 35.5. The number of amides is 1. The fraction of sp³-hybridized carbons (Fsp3) is 0.455. The van der Waals surface area contributed by atoms with E-state index in [0.717, 1.165) is 54.7 Å². The van der Waals surface area contributed by atoms with Gasteiger partial charge < -0.3 is 10.2 Å². The molecule has 1 fully saturated rings. The smallest absolute Gasteiger partial charge is 0.237 e. The molecule has 0 aromatic heterocycles. The molecule has 1 N–H and O–H groups in total. The number of fused-ring (bicyclic) bond motifs is 2. The van der Waals surface area contributed by atoms with Gasteiger partial charge >= 0.3 is 0 Å². The Morgan fingerprint density at radius 3 is 2.59 bits per heavy atom. The molecule has 1 amide bonds. The van der Waals surface area contributed by atoms with Gasteiger partial charge in [0.05, 0.1) is 11.8 Å². The monoisotopic (exact) mass is 658 g/mol. The number of aryl methyl sites for hydroxylation is 1. The molecular weight excluding hydrogens is 622 g/mol. The highest BCUT2D eigenvalue weighted by Gasteiger charge is 2.61. The van der Waals surface area contributed by atoms with E-state index in [2.05, 4.69) is 21.2 Å². The molecule has 6 rings (SSSR count). The molecule has 3 aliphatic heterocycles. The predicted octanol–water partition coefficient (Wildman–Crippen LogP) is 5.89. The Balaban J connectivity index is 1.43. The number of allylic oxidation sites excluding steroid dienone is 4. The second kappa shape index (κ2) is 12.2. The van der Waals surface area contributed by atoms with Gasteiger partial charge in [-0.15, -0.1) is 0 Å². The van der Waals surface area contributed by atoms with Crippen molar-refractivity contribution < 1.29 is 17.6 Å². The van der Waals surface area contributed by atoms with Crippen molar-refractivity contribution in [3.05, 3.63) is 87.2 Å². The fourth-order valence-corrected chi connectivity index (χ4v) is 8.55. The highest BCUT2D eigenvalue weighted by molar-refractivity contribution is 7.90. The molecule has 1 saturated heterocycles. The molecule has 3 heterocycles. The number of amidine groups is 1. The van der Waals surface area contributed by atoms with Crippen LogP contribution in [0.5, 0.6) is 0 Å². The number of aliphatic imine (C=N–C) groups is 1. The molecule has 234 valence electrons. The zero-order valence-corrected chi connectivity index (χ0v) is 27.2. The van der Waals surface area contributed by atoms with Crippen LogP contribution in [0.1, 0.15) is 42.0 Å². The summed E-state index contributed by atoms with van der Waals surface area (Å²) in [5.41, 5.74) is 1.92. The van der Waals surface area contributed by atoms with Gasteiger partial charge in [-0.05, 0) is 85.2 Å². The van der Waals surface area contributed by atoms with E-state index in [4.69, 9.17) is 28.2 Å². The van der Waals surface area contributed by atoms with E-state index < -0.39 is 21.3 Å². The third-order valence-corrected chi connectivity index (χ3v) is 11.1. The molecule has 0 saturated carbocycles. The lowest BCUT2D eigenvalue weighted by Gasteiger charge is -2.49. The number of anilines is 1. The summed E-state index contributed by atoms with van der Waals surface area (Å²) in [6, 6.07) is 9.54. The molecule has 2 aromatic rings. The number of hydrogen-bond donors (Lipinski definition) is 1. The summed E-state index contributed by atoms with van der Waals surface area (Å²) in [6.45, 7) is 5.68. The number of piperazine rings is 1. The lowest BCUT2D eigenvalue weighted by molar-refractivity contribution is -0.124. The van der Waals surface area contributed by atoms with E-state index in [0.29, 0.717) is 35.5 Å².